The minimum atomic E-state index is -4.35. The number of carbonyl (C=O) groups is 1. The van der Waals surface area contributed by atoms with Crippen molar-refractivity contribution in [3.8, 4) is 5.75 Å². The molecule has 2 heterocycles. The highest BCUT2D eigenvalue weighted by molar-refractivity contribution is 7.22. The Kier molecular flexibility index (Phi) is 7.60. The molecule has 0 saturated carbocycles. The van der Waals surface area contributed by atoms with Crippen molar-refractivity contribution >= 4 is 32.7 Å². The highest BCUT2D eigenvalue weighted by atomic mass is 32.1. The van der Waals surface area contributed by atoms with E-state index in [4.69, 9.17) is 9.47 Å². The number of fused-ring (bicyclic) bond motifs is 1. The van der Waals surface area contributed by atoms with Crippen LogP contribution in [0, 0.1) is 5.92 Å². The molecule has 1 aliphatic heterocycles. The minimum absolute atomic E-state index is 0.229. The molecule has 1 aromatic heterocycles. The summed E-state index contributed by atoms with van der Waals surface area (Å²) in [5.41, 5.74) is 0.830. The molecule has 0 aliphatic carbocycles. The second-order valence-electron chi connectivity index (χ2n) is 8.37. The van der Waals surface area contributed by atoms with Gasteiger partial charge in [0.1, 0.15) is 5.75 Å². The summed E-state index contributed by atoms with van der Waals surface area (Å²) in [6.07, 6.45) is -1.23. The molecule has 2 aromatic carbocycles. The lowest BCUT2D eigenvalue weighted by Crippen LogP contribution is -2.34. The summed E-state index contributed by atoms with van der Waals surface area (Å²) >= 11 is 1.32. The average Bonchev–Trinajstić information content (AvgIpc) is 3.23. The van der Waals surface area contributed by atoms with Gasteiger partial charge in [-0.3, -0.25) is 4.79 Å². The first-order chi connectivity index (χ1) is 16.3. The van der Waals surface area contributed by atoms with E-state index >= 15 is 0 Å². The molecule has 182 valence electrons. The summed E-state index contributed by atoms with van der Waals surface area (Å²) in [7, 11) is 0. The maximum Gasteiger partial charge on any atom is 0.416 e. The van der Waals surface area contributed by atoms with Gasteiger partial charge in [-0.15, -0.1) is 0 Å². The lowest BCUT2D eigenvalue weighted by Gasteiger charge is -2.31. The fourth-order valence-electron chi connectivity index (χ4n) is 4.10. The zero-order chi connectivity index (χ0) is 24.1. The molecular weight excluding hydrogens is 465 g/mol. The van der Waals surface area contributed by atoms with Crippen LogP contribution in [-0.4, -0.2) is 37.3 Å². The Hall–Kier alpha value is -2.81. The third kappa shape index (κ3) is 6.20. The first-order valence-corrected chi connectivity index (χ1v) is 12.2. The summed E-state index contributed by atoms with van der Waals surface area (Å²) in [4.78, 5) is 18.4. The number of thiazole rings is 1. The fraction of sp³-hybridized carbons (Fsp3) is 0.440. The van der Waals surface area contributed by atoms with E-state index in [-0.39, 0.29) is 12.4 Å². The van der Waals surface area contributed by atoms with Crippen molar-refractivity contribution in [1.29, 1.82) is 0 Å². The normalized spacial score (nSPS) is 15.0. The standard InChI is InChI=1S/C25H27F3N2O3S/c1-2-32-23(31)15-18-4-3-5-20(14-18)33-13-10-17-8-11-30(12-9-17)24-29-21-7-6-19(25(26,27)28)16-22(21)34-24/h3-7,14,16-17H,2,8-13,15H2,1H3. The van der Waals surface area contributed by atoms with Crippen LogP contribution in [0.2, 0.25) is 0 Å². The van der Waals surface area contributed by atoms with Crippen molar-refractivity contribution in [2.75, 3.05) is 31.2 Å². The highest BCUT2D eigenvalue weighted by Crippen LogP contribution is 2.36. The number of benzene rings is 2. The monoisotopic (exact) mass is 492 g/mol. The van der Waals surface area contributed by atoms with Gasteiger partial charge in [0.05, 0.1) is 35.4 Å². The van der Waals surface area contributed by atoms with E-state index in [9.17, 15) is 18.0 Å². The van der Waals surface area contributed by atoms with Crippen molar-refractivity contribution in [2.24, 2.45) is 5.92 Å². The second-order valence-corrected chi connectivity index (χ2v) is 9.38. The van der Waals surface area contributed by atoms with Gasteiger partial charge in [0, 0.05) is 13.1 Å². The molecule has 0 amide bonds. The lowest BCUT2D eigenvalue weighted by atomic mass is 9.94. The van der Waals surface area contributed by atoms with Gasteiger partial charge in [-0.05, 0) is 68.0 Å². The number of carbonyl (C=O) groups excluding carboxylic acids is 1. The van der Waals surface area contributed by atoms with Crippen molar-refractivity contribution in [3.05, 3.63) is 53.6 Å². The SMILES string of the molecule is CCOC(=O)Cc1cccc(OCCC2CCN(c3nc4ccc(C(F)(F)F)cc4s3)CC2)c1. The molecule has 3 aromatic rings. The number of nitrogens with zero attached hydrogens (tertiary/aromatic N) is 2. The van der Waals surface area contributed by atoms with Gasteiger partial charge < -0.3 is 14.4 Å². The topological polar surface area (TPSA) is 51.7 Å². The molecule has 5 nitrogen and oxygen atoms in total. The third-order valence-corrected chi connectivity index (χ3v) is 7.02. The Morgan fingerprint density at radius 3 is 2.71 bits per heavy atom. The molecule has 0 spiro atoms. The predicted octanol–water partition coefficient (Wildman–Crippen LogP) is 6.11. The van der Waals surface area contributed by atoms with Crippen LogP contribution < -0.4 is 9.64 Å². The smallest absolute Gasteiger partial charge is 0.416 e. The van der Waals surface area contributed by atoms with Gasteiger partial charge in [-0.1, -0.05) is 23.5 Å². The molecule has 9 heteroatoms. The summed E-state index contributed by atoms with van der Waals surface area (Å²) in [5.74, 6) is 1.01. The van der Waals surface area contributed by atoms with Crippen LogP contribution in [0.4, 0.5) is 18.3 Å². The molecule has 0 radical (unpaired) electrons. The molecule has 34 heavy (non-hydrogen) atoms. The van der Waals surface area contributed by atoms with Crippen LogP contribution in [0.5, 0.6) is 5.75 Å². The van der Waals surface area contributed by atoms with Crippen molar-refractivity contribution in [3.63, 3.8) is 0 Å². The number of halogens is 3. The largest absolute Gasteiger partial charge is 0.494 e. The van der Waals surface area contributed by atoms with E-state index in [2.05, 4.69) is 9.88 Å². The Bertz CT molecular complexity index is 1120. The lowest BCUT2D eigenvalue weighted by molar-refractivity contribution is -0.142. The molecule has 1 aliphatic rings. The Morgan fingerprint density at radius 2 is 1.97 bits per heavy atom. The van der Waals surface area contributed by atoms with Gasteiger partial charge in [0.2, 0.25) is 0 Å². The maximum atomic E-state index is 13.0. The van der Waals surface area contributed by atoms with Crippen molar-refractivity contribution in [1.82, 2.24) is 4.98 Å². The van der Waals surface area contributed by atoms with E-state index in [1.165, 1.54) is 23.5 Å². The second kappa shape index (κ2) is 10.6. The molecule has 0 unspecified atom stereocenters. The van der Waals surface area contributed by atoms with Gasteiger partial charge in [-0.25, -0.2) is 4.98 Å². The number of rotatable bonds is 8. The predicted molar refractivity (Wildman–Crippen MR) is 126 cm³/mol. The zero-order valence-corrected chi connectivity index (χ0v) is 19.8. The minimum Gasteiger partial charge on any atom is -0.494 e. The highest BCUT2D eigenvalue weighted by Gasteiger charge is 2.31. The number of esters is 1. The average molecular weight is 493 g/mol. The number of anilines is 1. The van der Waals surface area contributed by atoms with E-state index in [0.717, 1.165) is 54.9 Å². The number of alkyl halides is 3. The molecule has 1 fully saturated rings. The first-order valence-electron chi connectivity index (χ1n) is 11.4. The number of hydrogen-bond donors (Lipinski definition) is 0. The maximum absolute atomic E-state index is 13.0. The van der Waals surface area contributed by atoms with Crippen LogP contribution in [0.3, 0.4) is 0 Å². The van der Waals surface area contributed by atoms with Gasteiger partial charge >= 0.3 is 12.1 Å². The van der Waals surface area contributed by atoms with Crippen molar-refractivity contribution in [2.45, 2.75) is 38.8 Å². The molecule has 0 N–H and O–H groups in total. The molecule has 0 bridgehead atoms. The van der Waals surface area contributed by atoms with Crippen molar-refractivity contribution < 1.29 is 27.4 Å². The molecule has 1 saturated heterocycles. The third-order valence-electron chi connectivity index (χ3n) is 5.94. The van der Waals surface area contributed by atoms with E-state index < -0.39 is 11.7 Å². The van der Waals surface area contributed by atoms with Crippen LogP contribution in [0.15, 0.2) is 42.5 Å². The Morgan fingerprint density at radius 1 is 1.18 bits per heavy atom. The first kappa shape index (κ1) is 24.3. The summed E-state index contributed by atoms with van der Waals surface area (Å²) in [5, 5.41) is 0.780. The number of hydrogen-bond acceptors (Lipinski definition) is 6. The van der Waals surface area contributed by atoms with Gasteiger partial charge in [0.15, 0.2) is 5.13 Å². The van der Waals surface area contributed by atoms with Gasteiger partial charge in [-0.2, -0.15) is 13.2 Å². The van der Waals surface area contributed by atoms with Gasteiger partial charge in [0.25, 0.3) is 0 Å². The molecule has 4 rings (SSSR count). The van der Waals surface area contributed by atoms with E-state index in [0.29, 0.717) is 29.3 Å². The molecule has 0 atom stereocenters. The van der Waals surface area contributed by atoms with Crippen LogP contribution in [0.25, 0.3) is 10.2 Å². The Balaban J connectivity index is 1.25. The summed E-state index contributed by atoms with van der Waals surface area (Å²) < 4.78 is 50.4. The summed E-state index contributed by atoms with van der Waals surface area (Å²) in [6, 6.07) is 11.2. The number of piperidine rings is 1. The van der Waals surface area contributed by atoms with Crippen LogP contribution in [0.1, 0.15) is 37.3 Å². The van der Waals surface area contributed by atoms with E-state index in [1.54, 1.807) is 6.92 Å². The van der Waals surface area contributed by atoms with E-state index in [1.807, 2.05) is 24.3 Å². The number of ether oxygens (including phenoxy) is 2. The zero-order valence-electron chi connectivity index (χ0n) is 18.9. The summed E-state index contributed by atoms with van der Waals surface area (Å²) in [6.45, 7) is 4.39. The van der Waals surface area contributed by atoms with Crippen LogP contribution in [-0.2, 0) is 22.1 Å². The quantitative estimate of drug-likeness (QED) is 0.355. The van der Waals surface area contributed by atoms with Crippen LogP contribution >= 0.6 is 11.3 Å². The molecular formula is C25H27F3N2O3S. The Labute approximate surface area is 200 Å². The number of aromatic nitrogens is 1. The fourth-order valence-corrected chi connectivity index (χ4v) is 5.16.